The van der Waals surface area contributed by atoms with Crippen LogP contribution in [0.5, 0.6) is 0 Å². The van der Waals surface area contributed by atoms with Crippen molar-refractivity contribution in [2.24, 2.45) is 0 Å². The first kappa shape index (κ1) is 22.3. The number of halogens is 1. The van der Waals surface area contributed by atoms with Crippen molar-refractivity contribution in [1.29, 1.82) is 0 Å². The van der Waals surface area contributed by atoms with Gasteiger partial charge in [0.05, 0.1) is 5.75 Å². The van der Waals surface area contributed by atoms with Crippen molar-refractivity contribution < 1.29 is 9.53 Å². The normalized spacial score (nSPS) is 10.9. The maximum atomic E-state index is 12.5. The highest BCUT2D eigenvalue weighted by molar-refractivity contribution is 7.99. The Hall–Kier alpha value is -2.35. The topological polar surface area (TPSA) is 69.0 Å². The lowest BCUT2D eigenvalue weighted by Gasteiger charge is -2.11. The molecule has 0 atom stereocenters. The third-order valence-electron chi connectivity index (χ3n) is 4.39. The van der Waals surface area contributed by atoms with Crippen molar-refractivity contribution in [3.05, 3.63) is 58.6 Å². The number of benzene rings is 2. The van der Waals surface area contributed by atoms with E-state index in [1.54, 1.807) is 7.11 Å². The van der Waals surface area contributed by atoms with E-state index in [1.165, 1.54) is 11.8 Å². The highest BCUT2D eigenvalue weighted by Crippen LogP contribution is 2.26. The molecular formula is C22H25ClN4O2S. The number of thioether (sulfide) groups is 1. The van der Waals surface area contributed by atoms with Crippen LogP contribution in [0.3, 0.4) is 0 Å². The highest BCUT2D eigenvalue weighted by Gasteiger charge is 2.16. The van der Waals surface area contributed by atoms with E-state index in [-0.39, 0.29) is 11.7 Å². The standard InChI is InChI=1S/C22H25ClN4O2S/c1-15-11-16(2)13-19(12-15)24-20(28)14-30-22-26-25-21(27(22)9-4-10-29-3)17-5-7-18(23)8-6-17/h5-8,11-13H,4,9-10,14H2,1-3H3,(H,24,28). The van der Waals surface area contributed by atoms with Crippen LogP contribution in [0.1, 0.15) is 17.5 Å². The van der Waals surface area contributed by atoms with Crippen LogP contribution >= 0.6 is 23.4 Å². The summed E-state index contributed by atoms with van der Waals surface area (Å²) in [6.07, 6.45) is 0.817. The number of aromatic nitrogens is 3. The Labute approximate surface area is 186 Å². The number of hydrogen-bond acceptors (Lipinski definition) is 5. The predicted molar refractivity (Wildman–Crippen MR) is 122 cm³/mol. The van der Waals surface area contributed by atoms with E-state index in [1.807, 2.05) is 54.8 Å². The number of rotatable bonds is 9. The molecule has 0 fully saturated rings. The predicted octanol–water partition coefficient (Wildman–Crippen LogP) is 4.98. The number of hydrogen-bond donors (Lipinski definition) is 1. The minimum absolute atomic E-state index is 0.0792. The van der Waals surface area contributed by atoms with Gasteiger partial charge in [0.2, 0.25) is 5.91 Å². The molecule has 0 aliphatic carbocycles. The van der Waals surface area contributed by atoms with Gasteiger partial charge < -0.3 is 14.6 Å². The molecule has 158 valence electrons. The van der Waals surface area contributed by atoms with Crippen LogP contribution in [-0.4, -0.2) is 40.1 Å². The molecule has 0 spiro atoms. The Kier molecular flexibility index (Phi) is 7.90. The Morgan fingerprint density at radius 1 is 1.13 bits per heavy atom. The molecule has 1 N–H and O–H groups in total. The quantitative estimate of drug-likeness (QED) is 0.372. The second-order valence-corrected chi connectivity index (χ2v) is 8.40. The lowest BCUT2D eigenvalue weighted by molar-refractivity contribution is -0.113. The average Bonchev–Trinajstić information content (AvgIpc) is 3.09. The van der Waals surface area contributed by atoms with E-state index in [0.717, 1.165) is 34.6 Å². The van der Waals surface area contributed by atoms with Gasteiger partial charge in [-0.05, 0) is 67.8 Å². The zero-order valence-electron chi connectivity index (χ0n) is 17.3. The maximum absolute atomic E-state index is 12.5. The molecule has 0 aliphatic rings. The molecule has 2 aromatic carbocycles. The average molecular weight is 445 g/mol. The van der Waals surface area contributed by atoms with Crippen LogP contribution < -0.4 is 5.32 Å². The summed E-state index contributed by atoms with van der Waals surface area (Å²) in [5.41, 5.74) is 3.96. The number of amides is 1. The minimum Gasteiger partial charge on any atom is -0.385 e. The fourth-order valence-corrected chi connectivity index (χ4v) is 4.04. The first-order chi connectivity index (χ1) is 14.5. The van der Waals surface area contributed by atoms with E-state index >= 15 is 0 Å². The largest absolute Gasteiger partial charge is 0.385 e. The van der Waals surface area contributed by atoms with Crippen LogP contribution in [0.15, 0.2) is 47.6 Å². The smallest absolute Gasteiger partial charge is 0.234 e. The molecule has 1 amide bonds. The van der Waals surface area contributed by atoms with Gasteiger partial charge in [0.1, 0.15) is 0 Å². The van der Waals surface area contributed by atoms with Crippen molar-refractivity contribution in [1.82, 2.24) is 14.8 Å². The lowest BCUT2D eigenvalue weighted by atomic mass is 10.1. The number of anilines is 1. The van der Waals surface area contributed by atoms with Gasteiger partial charge in [0, 0.05) is 36.5 Å². The van der Waals surface area contributed by atoms with Crippen molar-refractivity contribution in [2.75, 3.05) is 24.8 Å². The molecule has 0 saturated heterocycles. The molecule has 0 bridgehead atoms. The fourth-order valence-electron chi connectivity index (χ4n) is 3.15. The summed E-state index contributed by atoms with van der Waals surface area (Å²) in [6.45, 7) is 5.35. The van der Waals surface area contributed by atoms with Crippen LogP contribution in [-0.2, 0) is 16.1 Å². The SMILES string of the molecule is COCCCn1c(SCC(=O)Nc2cc(C)cc(C)c2)nnc1-c1ccc(Cl)cc1. The lowest BCUT2D eigenvalue weighted by Crippen LogP contribution is -2.15. The maximum Gasteiger partial charge on any atom is 0.234 e. The first-order valence-corrected chi connectivity index (χ1v) is 11.0. The second kappa shape index (κ2) is 10.6. The van der Waals surface area contributed by atoms with Crippen LogP contribution in [0.4, 0.5) is 5.69 Å². The Morgan fingerprint density at radius 3 is 2.50 bits per heavy atom. The van der Waals surface area contributed by atoms with Crippen molar-refractivity contribution in [3.63, 3.8) is 0 Å². The minimum atomic E-state index is -0.0792. The Morgan fingerprint density at radius 2 is 1.83 bits per heavy atom. The van der Waals surface area contributed by atoms with E-state index < -0.39 is 0 Å². The van der Waals surface area contributed by atoms with Gasteiger partial charge >= 0.3 is 0 Å². The zero-order valence-corrected chi connectivity index (χ0v) is 18.9. The van der Waals surface area contributed by atoms with Gasteiger partial charge in [0.15, 0.2) is 11.0 Å². The summed E-state index contributed by atoms with van der Waals surface area (Å²) in [6, 6.07) is 13.5. The Bertz CT molecular complexity index is 985. The number of nitrogens with zero attached hydrogens (tertiary/aromatic N) is 3. The van der Waals surface area contributed by atoms with Crippen molar-refractivity contribution in [2.45, 2.75) is 32.0 Å². The van der Waals surface area contributed by atoms with Gasteiger partial charge in [-0.1, -0.05) is 29.4 Å². The number of carbonyl (C=O) groups excluding carboxylic acids is 1. The van der Waals surface area contributed by atoms with E-state index in [0.29, 0.717) is 23.3 Å². The number of carbonyl (C=O) groups is 1. The molecule has 1 heterocycles. The van der Waals surface area contributed by atoms with Crippen molar-refractivity contribution >= 4 is 35.0 Å². The third kappa shape index (κ3) is 6.08. The van der Waals surface area contributed by atoms with Gasteiger partial charge in [-0.25, -0.2) is 0 Å². The summed E-state index contributed by atoms with van der Waals surface area (Å²) >= 11 is 7.38. The number of methoxy groups -OCH3 is 1. The van der Waals surface area contributed by atoms with Crippen LogP contribution in [0.25, 0.3) is 11.4 Å². The third-order valence-corrected chi connectivity index (χ3v) is 5.61. The van der Waals surface area contributed by atoms with E-state index in [4.69, 9.17) is 16.3 Å². The molecular weight excluding hydrogens is 420 g/mol. The summed E-state index contributed by atoms with van der Waals surface area (Å²) in [5.74, 6) is 0.917. The number of aryl methyl sites for hydroxylation is 2. The van der Waals surface area contributed by atoms with Crippen molar-refractivity contribution in [3.8, 4) is 11.4 Å². The second-order valence-electron chi connectivity index (χ2n) is 7.02. The molecule has 8 heteroatoms. The van der Waals surface area contributed by atoms with Crippen LogP contribution in [0, 0.1) is 13.8 Å². The Balaban J connectivity index is 1.72. The van der Waals surface area contributed by atoms with Crippen LogP contribution in [0.2, 0.25) is 5.02 Å². The molecule has 1 aromatic heterocycles. The molecule has 0 radical (unpaired) electrons. The summed E-state index contributed by atoms with van der Waals surface area (Å²) in [4.78, 5) is 12.5. The molecule has 6 nitrogen and oxygen atoms in total. The number of nitrogens with one attached hydrogen (secondary N) is 1. The fraction of sp³-hybridized carbons (Fsp3) is 0.318. The summed E-state index contributed by atoms with van der Waals surface area (Å²) in [5, 5.41) is 13.0. The first-order valence-electron chi connectivity index (χ1n) is 9.65. The molecule has 3 aromatic rings. The van der Waals surface area contributed by atoms with E-state index in [9.17, 15) is 4.79 Å². The summed E-state index contributed by atoms with van der Waals surface area (Å²) in [7, 11) is 1.68. The molecule has 0 unspecified atom stereocenters. The zero-order chi connectivity index (χ0) is 21.5. The molecule has 0 saturated carbocycles. The number of ether oxygens (including phenoxy) is 1. The molecule has 3 rings (SSSR count). The highest BCUT2D eigenvalue weighted by atomic mass is 35.5. The molecule has 30 heavy (non-hydrogen) atoms. The monoisotopic (exact) mass is 444 g/mol. The molecule has 0 aliphatic heterocycles. The van der Waals surface area contributed by atoms with Gasteiger partial charge in [-0.15, -0.1) is 10.2 Å². The van der Waals surface area contributed by atoms with Gasteiger partial charge in [-0.2, -0.15) is 0 Å². The van der Waals surface area contributed by atoms with E-state index in [2.05, 4.69) is 21.6 Å². The summed E-state index contributed by atoms with van der Waals surface area (Å²) < 4.78 is 7.21. The van der Waals surface area contributed by atoms with Gasteiger partial charge in [-0.3, -0.25) is 4.79 Å². The van der Waals surface area contributed by atoms with Gasteiger partial charge in [0.25, 0.3) is 0 Å².